The van der Waals surface area contributed by atoms with Crippen LogP contribution in [0.3, 0.4) is 0 Å². The minimum Gasteiger partial charge on any atom is -0.453 e. The minimum absolute atomic E-state index is 0.443. The Hall–Kier alpha value is -1.93. The van der Waals surface area contributed by atoms with Gasteiger partial charge >= 0.3 is 0 Å². The van der Waals surface area contributed by atoms with Crippen LogP contribution in [0.2, 0.25) is 0 Å². The second kappa shape index (κ2) is 5.37. The molecule has 0 atom stereocenters. The predicted molar refractivity (Wildman–Crippen MR) is 75.2 cm³/mol. The van der Waals surface area contributed by atoms with Gasteiger partial charge in [-0.15, -0.1) is 0 Å². The third-order valence-corrected chi connectivity index (χ3v) is 3.15. The molecule has 5 heteroatoms. The third-order valence-electron chi connectivity index (χ3n) is 2.58. The summed E-state index contributed by atoms with van der Waals surface area (Å²) in [5, 5.41) is 9.18. The first-order valence-corrected chi connectivity index (χ1v) is 6.50. The number of hydrogen-bond donors (Lipinski definition) is 0. The molecule has 4 nitrogen and oxygen atoms in total. The fraction of sp³-hybridized carbons (Fsp3) is 0.214. The van der Waals surface area contributed by atoms with E-state index in [9.17, 15) is 5.26 Å². The van der Waals surface area contributed by atoms with Crippen molar-refractivity contribution >= 4 is 15.9 Å². The second-order valence-electron chi connectivity index (χ2n) is 4.18. The molecule has 0 saturated heterocycles. The Balaban J connectivity index is 2.46. The highest BCUT2D eigenvalue weighted by atomic mass is 79.9. The van der Waals surface area contributed by atoms with Gasteiger partial charge in [-0.25, -0.2) is 4.98 Å². The monoisotopic (exact) mass is 317 g/mol. The number of ether oxygens (including phenoxy) is 1. The molecule has 2 aromatic rings. The molecule has 96 valence electrons. The van der Waals surface area contributed by atoms with Crippen LogP contribution in [0.15, 0.2) is 22.8 Å². The van der Waals surface area contributed by atoms with Crippen molar-refractivity contribution in [3.8, 4) is 17.6 Å². The topological polar surface area (TPSA) is 58.8 Å². The van der Waals surface area contributed by atoms with E-state index in [-0.39, 0.29) is 0 Å². The highest BCUT2D eigenvalue weighted by Crippen LogP contribution is 2.31. The molecule has 2 aromatic heterocycles. The zero-order chi connectivity index (χ0) is 14.0. The number of aryl methyl sites for hydroxylation is 3. The zero-order valence-electron chi connectivity index (χ0n) is 10.9. The summed E-state index contributed by atoms with van der Waals surface area (Å²) >= 11 is 3.35. The predicted octanol–water partition coefficient (Wildman–Crippen LogP) is 3.83. The fourth-order valence-corrected chi connectivity index (χ4v) is 2.21. The molecule has 0 unspecified atom stereocenters. The van der Waals surface area contributed by atoms with Gasteiger partial charge in [-0.3, -0.25) is 4.98 Å². The molecular weight excluding hydrogens is 306 g/mol. The fourth-order valence-electron chi connectivity index (χ4n) is 1.72. The number of aromatic nitrogens is 2. The average molecular weight is 318 g/mol. The second-order valence-corrected chi connectivity index (χ2v) is 4.93. The number of halogens is 1. The summed E-state index contributed by atoms with van der Waals surface area (Å²) in [6, 6.07) is 7.54. The van der Waals surface area contributed by atoms with Crippen molar-refractivity contribution in [3.05, 3.63) is 45.4 Å². The van der Waals surface area contributed by atoms with E-state index in [4.69, 9.17) is 4.74 Å². The molecule has 2 rings (SSSR count). The maximum atomic E-state index is 9.18. The Morgan fingerprint density at radius 1 is 1.11 bits per heavy atom. The van der Waals surface area contributed by atoms with E-state index in [2.05, 4.69) is 32.0 Å². The molecule has 0 amide bonds. The molecule has 0 aliphatic carbocycles. The lowest BCUT2D eigenvalue weighted by Gasteiger charge is -2.11. The van der Waals surface area contributed by atoms with Crippen molar-refractivity contribution < 1.29 is 4.74 Å². The molecule has 0 fully saturated rings. The van der Waals surface area contributed by atoms with E-state index in [1.807, 2.05) is 26.0 Å². The van der Waals surface area contributed by atoms with Gasteiger partial charge in [0, 0.05) is 17.5 Å². The summed E-state index contributed by atoms with van der Waals surface area (Å²) in [7, 11) is 0. The van der Waals surface area contributed by atoms with Gasteiger partial charge in [0.15, 0.2) is 5.75 Å². The molecule has 0 radical (unpaired) electrons. The lowest BCUT2D eigenvalue weighted by atomic mass is 10.2. The third kappa shape index (κ3) is 2.91. The lowest BCUT2D eigenvalue weighted by Crippen LogP contribution is -1.97. The van der Waals surface area contributed by atoms with Crippen molar-refractivity contribution in [2.45, 2.75) is 20.8 Å². The SMILES string of the molecule is Cc1cc(Oc2ccc(C)nc2Br)c(C#N)c(C)n1. The Morgan fingerprint density at radius 3 is 2.47 bits per heavy atom. The summed E-state index contributed by atoms with van der Waals surface area (Å²) in [6.45, 7) is 5.56. The number of nitrogens with zero attached hydrogens (tertiary/aromatic N) is 3. The average Bonchev–Trinajstić information content (AvgIpc) is 2.32. The molecule has 0 N–H and O–H groups in total. The normalized spacial score (nSPS) is 10.1. The van der Waals surface area contributed by atoms with E-state index >= 15 is 0 Å². The van der Waals surface area contributed by atoms with Gasteiger partial charge in [0.1, 0.15) is 22.0 Å². The number of nitriles is 1. The summed E-state index contributed by atoms with van der Waals surface area (Å²) in [5.41, 5.74) is 2.80. The molecule has 19 heavy (non-hydrogen) atoms. The lowest BCUT2D eigenvalue weighted by molar-refractivity contribution is 0.472. The molecule has 0 aliphatic rings. The van der Waals surface area contributed by atoms with Crippen LogP contribution >= 0.6 is 15.9 Å². The Morgan fingerprint density at radius 2 is 1.84 bits per heavy atom. The molecule has 0 bridgehead atoms. The summed E-state index contributed by atoms with van der Waals surface area (Å²) < 4.78 is 6.39. The number of rotatable bonds is 2. The highest BCUT2D eigenvalue weighted by Gasteiger charge is 2.12. The number of pyridine rings is 2. The van der Waals surface area contributed by atoms with Crippen molar-refractivity contribution in [1.82, 2.24) is 9.97 Å². The zero-order valence-corrected chi connectivity index (χ0v) is 12.4. The van der Waals surface area contributed by atoms with Gasteiger partial charge < -0.3 is 4.74 Å². The van der Waals surface area contributed by atoms with E-state index in [0.717, 1.165) is 11.4 Å². The van der Waals surface area contributed by atoms with Gasteiger partial charge in [-0.1, -0.05) is 0 Å². The molecule has 0 aromatic carbocycles. The van der Waals surface area contributed by atoms with Gasteiger partial charge in [0.05, 0.1) is 5.69 Å². The Bertz CT molecular complexity index is 677. The Kier molecular flexibility index (Phi) is 3.82. The summed E-state index contributed by atoms with van der Waals surface area (Å²) in [6.07, 6.45) is 0. The van der Waals surface area contributed by atoms with E-state index in [0.29, 0.717) is 27.4 Å². The van der Waals surface area contributed by atoms with Crippen LogP contribution in [0, 0.1) is 32.1 Å². The Labute approximate surface area is 120 Å². The van der Waals surface area contributed by atoms with Crippen LogP contribution < -0.4 is 4.74 Å². The van der Waals surface area contributed by atoms with Crippen LogP contribution in [0.1, 0.15) is 22.6 Å². The van der Waals surface area contributed by atoms with Crippen molar-refractivity contribution in [2.75, 3.05) is 0 Å². The number of hydrogen-bond acceptors (Lipinski definition) is 4. The molecule has 2 heterocycles. The van der Waals surface area contributed by atoms with E-state index < -0.39 is 0 Å². The minimum atomic E-state index is 0.443. The quantitative estimate of drug-likeness (QED) is 0.790. The maximum Gasteiger partial charge on any atom is 0.160 e. The van der Waals surface area contributed by atoms with Gasteiger partial charge in [0.25, 0.3) is 0 Å². The first kappa shape index (κ1) is 13.5. The molecular formula is C14H12BrN3O. The summed E-state index contributed by atoms with van der Waals surface area (Å²) in [5.74, 6) is 1.07. The van der Waals surface area contributed by atoms with Gasteiger partial charge in [0.2, 0.25) is 0 Å². The molecule has 0 aliphatic heterocycles. The smallest absolute Gasteiger partial charge is 0.160 e. The van der Waals surface area contributed by atoms with Crippen LogP contribution in [-0.4, -0.2) is 9.97 Å². The van der Waals surface area contributed by atoms with Gasteiger partial charge in [-0.2, -0.15) is 5.26 Å². The van der Waals surface area contributed by atoms with Crippen LogP contribution in [0.5, 0.6) is 11.5 Å². The molecule has 0 spiro atoms. The standard InChI is InChI=1S/C14H12BrN3O/c1-8-4-5-12(14(15)18-8)19-13-6-9(2)17-10(3)11(13)7-16/h4-6H,1-3H3. The van der Waals surface area contributed by atoms with E-state index in [1.54, 1.807) is 13.0 Å². The van der Waals surface area contributed by atoms with Crippen LogP contribution in [0.4, 0.5) is 0 Å². The maximum absolute atomic E-state index is 9.18. The van der Waals surface area contributed by atoms with Crippen molar-refractivity contribution in [1.29, 1.82) is 5.26 Å². The van der Waals surface area contributed by atoms with E-state index in [1.165, 1.54) is 0 Å². The van der Waals surface area contributed by atoms with Crippen LogP contribution in [0.25, 0.3) is 0 Å². The molecule has 0 saturated carbocycles. The van der Waals surface area contributed by atoms with Crippen molar-refractivity contribution in [2.24, 2.45) is 0 Å². The first-order valence-electron chi connectivity index (χ1n) is 5.70. The summed E-state index contributed by atoms with van der Waals surface area (Å²) in [4.78, 5) is 8.52. The van der Waals surface area contributed by atoms with Crippen LogP contribution in [-0.2, 0) is 0 Å². The highest BCUT2D eigenvalue weighted by molar-refractivity contribution is 9.10. The first-order chi connectivity index (χ1) is 9.01. The van der Waals surface area contributed by atoms with Crippen molar-refractivity contribution in [3.63, 3.8) is 0 Å². The largest absolute Gasteiger partial charge is 0.453 e. The van der Waals surface area contributed by atoms with Gasteiger partial charge in [-0.05, 0) is 48.8 Å².